The number of rotatable bonds is 12. The number of benzene rings is 1. The fraction of sp³-hybridized carbons (Fsp3) is 0.577. The van der Waals surface area contributed by atoms with E-state index in [0.717, 1.165) is 29.5 Å². The molecule has 0 fully saturated rings. The van der Waals surface area contributed by atoms with Crippen molar-refractivity contribution in [2.75, 3.05) is 20.3 Å². The molecule has 0 saturated carbocycles. The normalized spacial score (nSPS) is 17.2. The molecule has 0 amide bonds. The van der Waals surface area contributed by atoms with Crippen LogP contribution in [0.4, 0.5) is 0 Å². The van der Waals surface area contributed by atoms with Gasteiger partial charge in [-0.15, -0.1) is 0 Å². The first kappa shape index (κ1) is 28.1. The lowest BCUT2D eigenvalue weighted by Gasteiger charge is -2.27. The van der Waals surface area contributed by atoms with Gasteiger partial charge in [0.2, 0.25) is 0 Å². The second-order valence-electron chi connectivity index (χ2n) is 10.0. The number of aromatic nitrogens is 1. The van der Waals surface area contributed by atoms with Gasteiger partial charge in [0, 0.05) is 34.7 Å². The molecule has 10 heteroatoms. The maximum absolute atomic E-state index is 10.4. The molecule has 1 aliphatic rings. The van der Waals surface area contributed by atoms with Crippen molar-refractivity contribution < 1.29 is 24.2 Å². The Bertz CT molecular complexity index is 1010. The summed E-state index contributed by atoms with van der Waals surface area (Å²) < 4.78 is 17.3. The van der Waals surface area contributed by atoms with Crippen molar-refractivity contribution in [3.05, 3.63) is 57.9 Å². The largest absolute Gasteiger partial charge is 0.439 e. The molecule has 0 aliphatic carbocycles. The Labute approximate surface area is 218 Å². The summed E-state index contributed by atoms with van der Waals surface area (Å²) in [5, 5.41) is 20.6. The summed E-state index contributed by atoms with van der Waals surface area (Å²) in [5.74, 6) is 0.800. The molecule has 1 aliphatic heterocycles. The van der Waals surface area contributed by atoms with E-state index in [9.17, 15) is 5.11 Å². The number of aliphatic hydroxyl groups excluding tert-OH is 1. The van der Waals surface area contributed by atoms with Gasteiger partial charge in [0.1, 0.15) is 12.7 Å². The smallest absolute Gasteiger partial charge is 0.313 e. The molecule has 9 nitrogen and oxygen atoms in total. The van der Waals surface area contributed by atoms with E-state index in [-0.39, 0.29) is 11.6 Å². The minimum atomic E-state index is -1.41. The van der Waals surface area contributed by atoms with Gasteiger partial charge in [0.25, 0.3) is 0 Å². The molecular formula is C26H37ClN4O5. The molecule has 2 heterocycles. The average molecular weight is 521 g/mol. The maximum atomic E-state index is 10.4. The van der Waals surface area contributed by atoms with Crippen LogP contribution >= 0.6 is 11.6 Å². The topological polar surface area (TPSA) is 98.0 Å². The summed E-state index contributed by atoms with van der Waals surface area (Å²) >= 11 is 6.01. The van der Waals surface area contributed by atoms with Crippen LogP contribution in [-0.4, -0.2) is 47.4 Å². The summed E-state index contributed by atoms with van der Waals surface area (Å²) in [6.45, 7) is 9.79. The van der Waals surface area contributed by atoms with Gasteiger partial charge in [-0.2, -0.15) is 0 Å². The first-order chi connectivity index (χ1) is 17.1. The lowest BCUT2D eigenvalue weighted by Crippen LogP contribution is -2.33. The number of pyridine rings is 1. The molecule has 2 unspecified atom stereocenters. The van der Waals surface area contributed by atoms with E-state index in [1.54, 1.807) is 11.2 Å². The fourth-order valence-electron chi connectivity index (χ4n) is 3.51. The van der Waals surface area contributed by atoms with Crippen molar-refractivity contribution in [2.24, 2.45) is 16.4 Å². The number of fused-ring (bicyclic) bond motifs is 1. The summed E-state index contributed by atoms with van der Waals surface area (Å²) in [4.78, 5) is 9.70. The van der Waals surface area contributed by atoms with E-state index >= 15 is 0 Å². The number of aliphatic hydroxyl groups is 1. The van der Waals surface area contributed by atoms with Crippen LogP contribution in [0.1, 0.15) is 69.0 Å². The summed E-state index contributed by atoms with van der Waals surface area (Å²) in [6, 6.07) is 7.52. The SMILES string of the molecule is Cc1ncc2c(c1OC(O)OCCC(C)CCO/N=N/N(C)C(C)(C)C)CO[C@H]2c1ccc(Cl)cc1. The second-order valence-corrected chi connectivity index (χ2v) is 10.5. The molecular weight excluding hydrogens is 484 g/mol. The van der Waals surface area contributed by atoms with Gasteiger partial charge in [0.05, 0.1) is 24.4 Å². The molecule has 0 bridgehead atoms. The van der Waals surface area contributed by atoms with Crippen molar-refractivity contribution in [1.29, 1.82) is 0 Å². The number of aryl methyl sites for hydroxylation is 1. The molecule has 1 aromatic heterocycles. The fourth-order valence-corrected chi connectivity index (χ4v) is 3.64. The van der Waals surface area contributed by atoms with Gasteiger partial charge in [-0.05, 0) is 69.4 Å². The van der Waals surface area contributed by atoms with Crippen molar-refractivity contribution in [2.45, 2.75) is 72.2 Å². The van der Waals surface area contributed by atoms with Crippen LogP contribution in [0.3, 0.4) is 0 Å². The highest BCUT2D eigenvalue weighted by atomic mass is 35.5. The molecule has 3 atom stereocenters. The van der Waals surface area contributed by atoms with Gasteiger partial charge in [-0.25, -0.2) is 0 Å². The Morgan fingerprint density at radius 3 is 2.61 bits per heavy atom. The van der Waals surface area contributed by atoms with E-state index in [4.69, 9.17) is 30.6 Å². The van der Waals surface area contributed by atoms with Crippen LogP contribution in [0.25, 0.3) is 0 Å². The van der Waals surface area contributed by atoms with E-state index in [1.165, 1.54) is 0 Å². The van der Waals surface area contributed by atoms with Gasteiger partial charge in [-0.3, -0.25) is 9.99 Å². The van der Waals surface area contributed by atoms with Crippen molar-refractivity contribution in [3.8, 4) is 5.75 Å². The standard InChI is InChI=1S/C26H37ClN4O5/c1-17(12-14-35-30-29-31(6)26(3,4)5)11-13-33-25(32)36-23-18(2)28-15-21-22(23)16-34-24(21)19-7-9-20(27)10-8-19/h7-10,15,17,24-25,32H,11-14,16H2,1-6H3/b30-29+/t17?,24-,25?/m0/s1. The third-order valence-corrected chi connectivity index (χ3v) is 6.44. The predicted octanol–water partition coefficient (Wildman–Crippen LogP) is 5.78. The summed E-state index contributed by atoms with van der Waals surface area (Å²) in [5.41, 5.74) is 3.30. The molecule has 0 spiro atoms. The zero-order valence-electron chi connectivity index (χ0n) is 21.9. The zero-order chi connectivity index (χ0) is 26.3. The third-order valence-electron chi connectivity index (χ3n) is 6.19. The Balaban J connectivity index is 1.45. The van der Waals surface area contributed by atoms with Gasteiger partial charge in [0.15, 0.2) is 5.75 Å². The van der Waals surface area contributed by atoms with Crippen LogP contribution in [0.5, 0.6) is 5.75 Å². The monoisotopic (exact) mass is 520 g/mol. The number of nitrogens with zero attached hydrogens (tertiary/aromatic N) is 4. The first-order valence-electron chi connectivity index (χ1n) is 12.1. The minimum Gasteiger partial charge on any atom is -0.439 e. The molecule has 2 aromatic rings. The van der Waals surface area contributed by atoms with Gasteiger partial charge in [-0.1, -0.05) is 30.7 Å². The highest BCUT2D eigenvalue weighted by Crippen LogP contribution is 2.41. The van der Waals surface area contributed by atoms with Crippen molar-refractivity contribution >= 4 is 11.6 Å². The Hall–Kier alpha value is -2.46. The molecule has 36 heavy (non-hydrogen) atoms. The van der Waals surface area contributed by atoms with Crippen molar-refractivity contribution in [3.63, 3.8) is 0 Å². The zero-order valence-corrected chi connectivity index (χ0v) is 22.7. The number of ether oxygens (including phenoxy) is 3. The molecule has 0 radical (unpaired) electrons. The lowest BCUT2D eigenvalue weighted by atomic mass is 10.0. The highest BCUT2D eigenvalue weighted by Gasteiger charge is 2.30. The molecule has 1 aromatic carbocycles. The number of halogens is 1. The Kier molecular flexibility index (Phi) is 9.90. The first-order valence-corrected chi connectivity index (χ1v) is 12.5. The molecule has 3 rings (SSSR count). The summed E-state index contributed by atoms with van der Waals surface area (Å²) in [7, 11) is 1.85. The van der Waals surface area contributed by atoms with E-state index in [1.807, 2.05) is 59.0 Å². The lowest BCUT2D eigenvalue weighted by molar-refractivity contribution is -0.218. The van der Waals surface area contributed by atoms with Crippen LogP contribution in [-0.2, 0) is 20.9 Å². The number of hydrogen-bond donors (Lipinski definition) is 1. The Morgan fingerprint density at radius 1 is 1.22 bits per heavy atom. The summed E-state index contributed by atoms with van der Waals surface area (Å²) in [6.07, 6.45) is 3.05. The molecule has 1 N–H and O–H groups in total. The van der Waals surface area contributed by atoms with Gasteiger partial charge >= 0.3 is 6.48 Å². The maximum Gasteiger partial charge on any atom is 0.313 e. The van der Waals surface area contributed by atoms with E-state index in [2.05, 4.69) is 22.4 Å². The third kappa shape index (κ3) is 7.77. The van der Waals surface area contributed by atoms with Crippen molar-refractivity contribution in [1.82, 2.24) is 9.99 Å². The highest BCUT2D eigenvalue weighted by molar-refractivity contribution is 6.30. The van der Waals surface area contributed by atoms with E-state index < -0.39 is 6.48 Å². The molecule has 0 saturated heterocycles. The second kappa shape index (κ2) is 12.7. The van der Waals surface area contributed by atoms with Gasteiger partial charge < -0.3 is 24.2 Å². The number of hydrogen-bond acceptors (Lipinski definition) is 8. The Morgan fingerprint density at radius 2 is 1.92 bits per heavy atom. The van der Waals surface area contributed by atoms with E-state index in [0.29, 0.717) is 42.2 Å². The van der Waals surface area contributed by atoms with Crippen LogP contribution < -0.4 is 4.74 Å². The minimum absolute atomic E-state index is 0.111. The van der Waals surface area contributed by atoms with Crippen LogP contribution in [0.2, 0.25) is 5.02 Å². The van der Waals surface area contributed by atoms with Crippen LogP contribution in [0.15, 0.2) is 41.0 Å². The average Bonchev–Trinajstić information content (AvgIpc) is 3.25. The van der Waals surface area contributed by atoms with Crippen LogP contribution in [0, 0.1) is 12.8 Å². The molecule has 198 valence electrons. The predicted molar refractivity (Wildman–Crippen MR) is 136 cm³/mol. The quantitative estimate of drug-likeness (QED) is 0.164.